The Kier molecular flexibility index (Phi) is 3.47. The lowest BCUT2D eigenvalue weighted by Gasteiger charge is -2.15. The van der Waals surface area contributed by atoms with Crippen molar-refractivity contribution in [1.82, 2.24) is 15.1 Å². The van der Waals surface area contributed by atoms with E-state index in [1.807, 2.05) is 13.0 Å². The summed E-state index contributed by atoms with van der Waals surface area (Å²) in [6, 6.07) is 1.96. The quantitative estimate of drug-likeness (QED) is 0.779. The van der Waals surface area contributed by atoms with E-state index in [0.29, 0.717) is 18.2 Å². The number of nitrogens with one attached hydrogen (secondary N) is 1. The number of rotatable bonds is 5. The van der Waals surface area contributed by atoms with Crippen LogP contribution in [0, 0.1) is 5.92 Å². The van der Waals surface area contributed by atoms with E-state index < -0.39 is 0 Å². The van der Waals surface area contributed by atoms with Gasteiger partial charge < -0.3 is 11.1 Å². The summed E-state index contributed by atoms with van der Waals surface area (Å²) < 4.78 is 1.63. The minimum absolute atomic E-state index is 0.0675. The topological polar surface area (TPSA) is 72.9 Å². The zero-order valence-corrected chi connectivity index (χ0v) is 10.4. The Morgan fingerprint density at radius 2 is 2.41 bits per heavy atom. The van der Waals surface area contributed by atoms with E-state index in [1.165, 1.54) is 12.8 Å². The molecule has 1 saturated carbocycles. The van der Waals surface area contributed by atoms with Gasteiger partial charge in [0.1, 0.15) is 5.69 Å². The Balaban J connectivity index is 2.05. The highest BCUT2D eigenvalue weighted by Crippen LogP contribution is 2.32. The number of carbonyl (C=O) groups excluding carboxylic acids is 1. The molecule has 0 spiro atoms. The van der Waals surface area contributed by atoms with Gasteiger partial charge in [-0.3, -0.25) is 9.48 Å². The highest BCUT2D eigenvalue weighted by Gasteiger charge is 2.31. The molecule has 0 aromatic carbocycles. The first-order valence-electron chi connectivity index (χ1n) is 6.19. The molecule has 1 aromatic heterocycles. The first-order valence-corrected chi connectivity index (χ1v) is 6.19. The number of carbonyl (C=O) groups is 1. The molecule has 5 heteroatoms. The molecular formula is C12H20N4O. The molecule has 1 aliphatic rings. The molecule has 2 rings (SSSR count). The van der Waals surface area contributed by atoms with Crippen molar-refractivity contribution in [1.29, 1.82) is 0 Å². The van der Waals surface area contributed by atoms with Crippen LogP contribution in [0.25, 0.3) is 0 Å². The third-order valence-electron chi connectivity index (χ3n) is 3.29. The first-order chi connectivity index (χ1) is 8.15. The highest BCUT2D eigenvalue weighted by molar-refractivity contribution is 5.92. The van der Waals surface area contributed by atoms with Gasteiger partial charge in [-0.1, -0.05) is 6.92 Å². The van der Waals surface area contributed by atoms with E-state index in [1.54, 1.807) is 11.7 Å². The second-order valence-electron chi connectivity index (χ2n) is 4.65. The van der Waals surface area contributed by atoms with Gasteiger partial charge in [0.25, 0.3) is 5.91 Å². The van der Waals surface area contributed by atoms with Gasteiger partial charge in [-0.15, -0.1) is 0 Å². The second kappa shape index (κ2) is 4.87. The number of hydrogen-bond donors (Lipinski definition) is 2. The summed E-state index contributed by atoms with van der Waals surface area (Å²) >= 11 is 0. The van der Waals surface area contributed by atoms with Crippen molar-refractivity contribution in [2.45, 2.75) is 32.2 Å². The van der Waals surface area contributed by atoms with E-state index in [0.717, 1.165) is 12.1 Å². The second-order valence-corrected chi connectivity index (χ2v) is 4.65. The molecular weight excluding hydrogens is 216 g/mol. The normalized spacial score (nSPS) is 16.9. The van der Waals surface area contributed by atoms with Gasteiger partial charge in [0, 0.05) is 19.6 Å². The lowest BCUT2D eigenvalue weighted by Crippen LogP contribution is -2.42. The largest absolute Gasteiger partial charge is 0.346 e. The summed E-state index contributed by atoms with van der Waals surface area (Å²) in [6.45, 7) is 2.53. The third kappa shape index (κ3) is 2.66. The minimum Gasteiger partial charge on any atom is -0.346 e. The molecule has 3 N–H and O–H groups in total. The molecule has 17 heavy (non-hydrogen) atoms. The van der Waals surface area contributed by atoms with Gasteiger partial charge in [0.05, 0.1) is 5.69 Å². The standard InChI is InChI=1S/C12H20N4O/c1-3-9-6-11(16(2)15-9)12(17)14-10(7-13)8-4-5-8/h6,8,10H,3-5,7,13H2,1-2H3,(H,14,17). The van der Waals surface area contributed by atoms with Crippen LogP contribution >= 0.6 is 0 Å². The van der Waals surface area contributed by atoms with Crippen LogP contribution in [0.15, 0.2) is 6.07 Å². The van der Waals surface area contributed by atoms with Crippen molar-refractivity contribution in [2.24, 2.45) is 18.7 Å². The van der Waals surface area contributed by atoms with Crippen LogP contribution in [0.3, 0.4) is 0 Å². The average Bonchev–Trinajstić information content (AvgIpc) is 3.09. The summed E-state index contributed by atoms with van der Waals surface area (Å²) in [5.74, 6) is 0.505. The van der Waals surface area contributed by atoms with Crippen LogP contribution in [0.2, 0.25) is 0 Å². The van der Waals surface area contributed by atoms with Gasteiger partial charge in [-0.25, -0.2) is 0 Å². The number of nitrogens with two attached hydrogens (primary N) is 1. The van der Waals surface area contributed by atoms with Crippen LogP contribution in [-0.2, 0) is 13.5 Å². The van der Waals surface area contributed by atoms with Gasteiger partial charge in [-0.2, -0.15) is 5.10 Å². The molecule has 1 unspecified atom stereocenters. The number of aryl methyl sites for hydroxylation is 2. The molecule has 1 aromatic rings. The van der Waals surface area contributed by atoms with Crippen molar-refractivity contribution in [3.8, 4) is 0 Å². The van der Waals surface area contributed by atoms with E-state index >= 15 is 0 Å². The molecule has 1 aliphatic carbocycles. The van der Waals surface area contributed by atoms with Gasteiger partial charge in [0.2, 0.25) is 0 Å². The van der Waals surface area contributed by atoms with Crippen molar-refractivity contribution < 1.29 is 4.79 Å². The molecule has 0 bridgehead atoms. The smallest absolute Gasteiger partial charge is 0.269 e. The van der Waals surface area contributed by atoms with Crippen LogP contribution < -0.4 is 11.1 Å². The molecule has 1 heterocycles. The summed E-state index contributed by atoms with van der Waals surface area (Å²) in [5, 5.41) is 7.27. The van der Waals surface area contributed by atoms with Crippen LogP contribution in [0.1, 0.15) is 35.9 Å². The van der Waals surface area contributed by atoms with Crippen LogP contribution in [0.5, 0.6) is 0 Å². The Morgan fingerprint density at radius 1 is 1.71 bits per heavy atom. The molecule has 94 valence electrons. The molecule has 0 aliphatic heterocycles. The Hall–Kier alpha value is -1.36. The van der Waals surface area contributed by atoms with E-state index in [-0.39, 0.29) is 11.9 Å². The Bertz CT molecular complexity index is 409. The highest BCUT2D eigenvalue weighted by atomic mass is 16.2. The van der Waals surface area contributed by atoms with Crippen LogP contribution in [-0.4, -0.2) is 28.3 Å². The molecule has 5 nitrogen and oxygen atoms in total. The van der Waals surface area contributed by atoms with E-state index in [9.17, 15) is 4.79 Å². The maximum atomic E-state index is 12.1. The summed E-state index contributed by atoms with van der Waals surface area (Å²) in [6.07, 6.45) is 3.19. The average molecular weight is 236 g/mol. The minimum atomic E-state index is -0.0675. The maximum absolute atomic E-state index is 12.1. The third-order valence-corrected chi connectivity index (χ3v) is 3.29. The van der Waals surface area contributed by atoms with Crippen molar-refractivity contribution >= 4 is 5.91 Å². The summed E-state index contributed by atoms with van der Waals surface area (Å²) in [5.41, 5.74) is 7.22. The zero-order valence-electron chi connectivity index (χ0n) is 10.4. The molecule has 1 amide bonds. The fourth-order valence-corrected chi connectivity index (χ4v) is 2.02. The summed E-state index contributed by atoms with van der Waals surface area (Å²) in [7, 11) is 1.79. The number of nitrogens with zero attached hydrogens (tertiary/aromatic N) is 2. The van der Waals surface area contributed by atoms with Gasteiger partial charge >= 0.3 is 0 Å². The first kappa shape index (κ1) is 12.1. The SMILES string of the molecule is CCc1cc(C(=O)NC(CN)C2CC2)n(C)n1. The monoisotopic (exact) mass is 236 g/mol. The molecule has 1 fully saturated rings. The lowest BCUT2D eigenvalue weighted by molar-refractivity contribution is 0.0924. The lowest BCUT2D eigenvalue weighted by atomic mass is 10.2. The summed E-state index contributed by atoms with van der Waals surface area (Å²) in [4.78, 5) is 12.1. The molecule has 1 atom stereocenters. The predicted octanol–water partition coefficient (Wildman–Crippen LogP) is 0.450. The fourth-order valence-electron chi connectivity index (χ4n) is 2.02. The zero-order chi connectivity index (χ0) is 12.4. The van der Waals surface area contributed by atoms with Gasteiger partial charge in [-0.05, 0) is 31.2 Å². The molecule has 0 saturated heterocycles. The van der Waals surface area contributed by atoms with Crippen LogP contribution in [0.4, 0.5) is 0 Å². The van der Waals surface area contributed by atoms with Gasteiger partial charge in [0.15, 0.2) is 0 Å². The number of amides is 1. The maximum Gasteiger partial charge on any atom is 0.269 e. The Morgan fingerprint density at radius 3 is 2.88 bits per heavy atom. The predicted molar refractivity (Wildman–Crippen MR) is 65.6 cm³/mol. The van der Waals surface area contributed by atoms with Crippen molar-refractivity contribution in [3.63, 3.8) is 0 Å². The van der Waals surface area contributed by atoms with E-state index in [2.05, 4.69) is 10.4 Å². The van der Waals surface area contributed by atoms with E-state index in [4.69, 9.17) is 5.73 Å². The Labute approximate surface area is 101 Å². The molecule has 0 radical (unpaired) electrons. The number of hydrogen-bond acceptors (Lipinski definition) is 3. The fraction of sp³-hybridized carbons (Fsp3) is 0.667. The van der Waals surface area contributed by atoms with Crippen molar-refractivity contribution in [2.75, 3.05) is 6.54 Å². The van der Waals surface area contributed by atoms with Crippen molar-refractivity contribution in [3.05, 3.63) is 17.5 Å². The number of aromatic nitrogens is 2.